The largest absolute Gasteiger partial charge is 0.330 e. The fourth-order valence-electron chi connectivity index (χ4n) is 1.79. The van der Waals surface area contributed by atoms with Crippen LogP contribution in [0.15, 0.2) is 0 Å². The van der Waals surface area contributed by atoms with Gasteiger partial charge in [0.05, 0.1) is 0 Å². The summed E-state index contributed by atoms with van der Waals surface area (Å²) in [6, 6.07) is 0. The van der Waals surface area contributed by atoms with Crippen LogP contribution in [0.4, 0.5) is 0 Å². The van der Waals surface area contributed by atoms with E-state index in [0.29, 0.717) is 32.1 Å². The van der Waals surface area contributed by atoms with E-state index in [1.807, 2.05) is 6.92 Å². The van der Waals surface area contributed by atoms with E-state index in [9.17, 15) is 8.42 Å². The molecule has 1 aliphatic heterocycles. The highest BCUT2D eigenvalue weighted by Gasteiger charge is 2.30. The van der Waals surface area contributed by atoms with Crippen molar-refractivity contribution in [3.8, 4) is 0 Å². The highest BCUT2D eigenvalue weighted by Crippen LogP contribution is 2.19. The van der Waals surface area contributed by atoms with Crippen molar-refractivity contribution in [2.24, 2.45) is 11.7 Å². The number of rotatable bonds is 4. The number of nitrogens with zero attached hydrogens (tertiary/aromatic N) is 2. The zero-order valence-electron chi connectivity index (χ0n) is 9.52. The van der Waals surface area contributed by atoms with E-state index in [4.69, 9.17) is 5.73 Å². The Labute approximate surface area is 92.4 Å². The molecule has 1 aliphatic rings. The molecule has 0 aliphatic carbocycles. The molecule has 0 aromatic carbocycles. The molecule has 0 spiro atoms. The summed E-state index contributed by atoms with van der Waals surface area (Å²) in [6.45, 7) is 4.11. The Morgan fingerprint density at radius 1 is 1.53 bits per heavy atom. The van der Waals surface area contributed by atoms with Crippen LogP contribution in [0.5, 0.6) is 0 Å². The summed E-state index contributed by atoms with van der Waals surface area (Å²) in [6.07, 6.45) is 1.96. The minimum absolute atomic E-state index is 0.318. The Morgan fingerprint density at radius 2 is 2.20 bits per heavy atom. The fraction of sp³-hybridized carbons (Fsp3) is 1.00. The minimum Gasteiger partial charge on any atom is -0.330 e. The van der Waals surface area contributed by atoms with E-state index in [0.717, 1.165) is 12.8 Å². The highest BCUT2D eigenvalue weighted by atomic mass is 32.2. The molecule has 0 saturated carbocycles. The summed E-state index contributed by atoms with van der Waals surface area (Å²) < 4.78 is 26.9. The second-order valence-electron chi connectivity index (χ2n) is 4.02. The maximum absolute atomic E-state index is 12.0. The van der Waals surface area contributed by atoms with Crippen molar-refractivity contribution in [1.82, 2.24) is 8.61 Å². The Hall–Kier alpha value is -0.170. The third kappa shape index (κ3) is 2.90. The van der Waals surface area contributed by atoms with Gasteiger partial charge in [-0.15, -0.1) is 0 Å². The topological polar surface area (TPSA) is 66.6 Å². The first-order valence-corrected chi connectivity index (χ1v) is 6.83. The van der Waals surface area contributed by atoms with E-state index < -0.39 is 10.2 Å². The Kier molecular flexibility index (Phi) is 4.51. The van der Waals surface area contributed by atoms with E-state index in [2.05, 4.69) is 0 Å². The van der Waals surface area contributed by atoms with E-state index >= 15 is 0 Å². The average Bonchev–Trinajstić information content (AvgIpc) is 2.27. The molecule has 0 aromatic rings. The molecule has 1 heterocycles. The van der Waals surface area contributed by atoms with Crippen LogP contribution >= 0.6 is 0 Å². The average molecular weight is 235 g/mol. The minimum atomic E-state index is -3.24. The van der Waals surface area contributed by atoms with Gasteiger partial charge in [0.15, 0.2) is 0 Å². The van der Waals surface area contributed by atoms with Gasteiger partial charge < -0.3 is 5.73 Å². The van der Waals surface area contributed by atoms with Crippen molar-refractivity contribution < 1.29 is 8.42 Å². The molecule has 1 fully saturated rings. The first kappa shape index (κ1) is 12.9. The quantitative estimate of drug-likeness (QED) is 0.737. The summed E-state index contributed by atoms with van der Waals surface area (Å²) in [4.78, 5) is 0. The van der Waals surface area contributed by atoms with Gasteiger partial charge in [0.2, 0.25) is 0 Å². The van der Waals surface area contributed by atoms with Crippen molar-refractivity contribution in [3.05, 3.63) is 0 Å². The van der Waals surface area contributed by atoms with Crippen LogP contribution < -0.4 is 5.73 Å². The molecule has 1 unspecified atom stereocenters. The fourth-order valence-corrected chi connectivity index (χ4v) is 3.27. The van der Waals surface area contributed by atoms with Crippen LogP contribution in [-0.2, 0) is 10.2 Å². The molecular formula is C9H21N3O2S. The zero-order valence-corrected chi connectivity index (χ0v) is 10.3. The van der Waals surface area contributed by atoms with Gasteiger partial charge in [-0.1, -0.05) is 6.92 Å². The lowest BCUT2D eigenvalue weighted by atomic mass is 10.0. The Bertz CT molecular complexity index is 292. The predicted octanol–water partition coefficient (Wildman–Crippen LogP) is -0.146. The first-order valence-electron chi connectivity index (χ1n) is 5.43. The predicted molar refractivity (Wildman–Crippen MR) is 60.6 cm³/mol. The first-order chi connectivity index (χ1) is 7.02. The van der Waals surface area contributed by atoms with Gasteiger partial charge in [-0.05, 0) is 25.3 Å². The molecule has 1 atom stereocenters. The van der Waals surface area contributed by atoms with Gasteiger partial charge >= 0.3 is 0 Å². The monoisotopic (exact) mass is 235 g/mol. The maximum Gasteiger partial charge on any atom is 0.281 e. The zero-order chi connectivity index (χ0) is 11.5. The maximum atomic E-state index is 12.0. The lowest BCUT2D eigenvalue weighted by Gasteiger charge is -2.33. The lowest BCUT2D eigenvalue weighted by molar-refractivity contribution is 0.257. The second kappa shape index (κ2) is 5.25. The van der Waals surface area contributed by atoms with Crippen molar-refractivity contribution in [2.45, 2.75) is 19.8 Å². The number of nitrogens with two attached hydrogens (primary N) is 1. The summed E-state index contributed by atoms with van der Waals surface area (Å²) >= 11 is 0. The molecule has 2 N–H and O–H groups in total. The normalized spacial score (nSPS) is 24.7. The van der Waals surface area contributed by atoms with Crippen molar-refractivity contribution in [3.63, 3.8) is 0 Å². The number of hydrogen-bond donors (Lipinski definition) is 1. The highest BCUT2D eigenvalue weighted by molar-refractivity contribution is 7.86. The van der Waals surface area contributed by atoms with Gasteiger partial charge in [-0.2, -0.15) is 17.0 Å². The van der Waals surface area contributed by atoms with Crippen LogP contribution in [0.1, 0.15) is 19.8 Å². The van der Waals surface area contributed by atoms with Gasteiger partial charge in [-0.3, -0.25) is 0 Å². The van der Waals surface area contributed by atoms with Crippen molar-refractivity contribution >= 4 is 10.2 Å². The third-order valence-electron chi connectivity index (χ3n) is 2.98. The van der Waals surface area contributed by atoms with Crippen LogP contribution in [-0.4, -0.2) is 50.3 Å². The second-order valence-corrected chi connectivity index (χ2v) is 6.06. The number of hydrogen-bond acceptors (Lipinski definition) is 3. The Balaban J connectivity index is 2.70. The molecular weight excluding hydrogens is 214 g/mol. The third-order valence-corrected chi connectivity index (χ3v) is 5.01. The van der Waals surface area contributed by atoms with Gasteiger partial charge in [0.25, 0.3) is 10.2 Å². The molecule has 0 amide bonds. The van der Waals surface area contributed by atoms with Gasteiger partial charge in [0.1, 0.15) is 0 Å². The van der Waals surface area contributed by atoms with E-state index in [-0.39, 0.29) is 0 Å². The van der Waals surface area contributed by atoms with Crippen LogP contribution in [0, 0.1) is 5.92 Å². The van der Waals surface area contributed by atoms with E-state index in [1.54, 1.807) is 11.4 Å². The molecule has 0 aromatic heterocycles. The van der Waals surface area contributed by atoms with Crippen molar-refractivity contribution in [2.75, 3.05) is 33.2 Å². The summed E-state index contributed by atoms with van der Waals surface area (Å²) in [7, 11) is -1.63. The molecule has 6 heteroatoms. The molecule has 15 heavy (non-hydrogen) atoms. The van der Waals surface area contributed by atoms with E-state index in [1.165, 1.54) is 4.31 Å². The SMILES string of the molecule is CCN(C)S(=O)(=O)N1CCCC(CN)C1. The summed E-state index contributed by atoms with van der Waals surface area (Å²) in [5, 5.41) is 0. The molecule has 0 bridgehead atoms. The number of piperidine rings is 1. The van der Waals surface area contributed by atoms with Gasteiger partial charge in [-0.25, -0.2) is 0 Å². The van der Waals surface area contributed by atoms with Crippen LogP contribution in [0.3, 0.4) is 0 Å². The molecule has 90 valence electrons. The Morgan fingerprint density at radius 3 is 2.73 bits per heavy atom. The van der Waals surface area contributed by atoms with Gasteiger partial charge in [0, 0.05) is 26.7 Å². The lowest BCUT2D eigenvalue weighted by Crippen LogP contribution is -2.47. The molecule has 5 nitrogen and oxygen atoms in total. The summed E-state index contributed by atoms with van der Waals surface area (Å²) in [5.41, 5.74) is 5.58. The molecule has 1 rings (SSSR count). The van der Waals surface area contributed by atoms with Crippen molar-refractivity contribution in [1.29, 1.82) is 0 Å². The molecule has 0 radical (unpaired) electrons. The molecule has 1 saturated heterocycles. The standard InChI is InChI=1S/C9H21N3O2S/c1-3-11(2)15(13,14)12-6-4-5-9(7-10)8-12/h9H,3-8,10H2,1-2H3. The van der Waals surface area contributed by atoms with Crippen LogP contribution in [0.2, 0.25) is 0 Å². The van der Waals surface area contributed by atoms with Crippen LogP contribution in [0.25, 0.3) is 0 Å². The smallest absolute Gasteiger partial charge is 0.281 e. The summed E-state index contributed by atoms with van der Waals surface area (Å²) in [5.74, 6) is 0.318.